The first-order valence-corrected chi connectivity index (χ1v) is 13.8. The second-order valence-electron chi connectivity index (χ2n) is 10.2. The number of hydrogen-bond acceptors (Lipinski definition) is 1. The predicted octanol–water partition coefficient (Wildman–Crippen LogP) is 9.90. The zero-order valence-electron chi connectivity index (χ0n) is 24.2. The second kappa shape index (κ2) is 13.1. The summed E-state index contributed by atoms with van der Waals surface area (Å²) in [7, 11) is 2.02. The minimum Gasteiger partial charge on any atom is -0.304 e. The lowest BCUT2D eigenvalue weighted by Crippen LogP contribution is -2.44. The highest BCUT2D eigenvalue weighted by atomic mass is 14.9. The monoisotopic (exact) mass is 483 g/mol. The summed E-state index contributed by atoms with van der Waals surface area (Å²) in [6, 6.07) is 6.88. The van der Waals surface area contributed by atoms with Crippen LogP contribution in [0.25, 0.3) is 11.1 Å². The molecule has 0 heterocycles. The zero-order chi connectivity index (χ0) is 26.9. The van der Waals surface area contributed by atoms with Gasteiger partial charge in [0.1, 0.15) is 0 Å². The molecule has 0 radical (unpaired) electrons. The van der Waals surface area contributed by atoms with Crippen molar-refractivity contribution in [2.75, 3.05) is 7.05 Å². The minimum atomic E-state index is -0.379. The van der Waals surface area contributed by atoms with Gasteiger partial charge in [-0.15, -0.1) is 6.58 Å². The SMILES string of the molecule is C=CC(NC)(C(/C=C\C(=C)c1ccc2c(c1)C(C)(C)C(CC)=C2/C=C\CC)=C/C)/C(=C/CCC)CC. The molecule has 36 heavy (non-hydrogen) atoms. The van der Waals surface area contributed by atoms with Gasteiger partial charge in [0, 0.05) is 5.41 Å². The number of rotatable bonds is 13. The van der Waals surface area contributed by atoms with E-state index in [4.69, 9.17) is 0 Å². The van der Waals surface area contributed by atoms with Gasteiger partial charge >= 0.3 is 0 Å². The molecule has 1 aliphatic rings. The number of hydrogen-bond donors (Lipinski definition) is 1. The van der Waals surface area contributed by atoms with E-state index in [2.05, 4.69) is 122 Å². The van der Waals surface area contributed by atoms with Crippen LogP contribution in [0.3, 0.4) is 0 Å². The van der Waals surface area contributed by atoms with Crippen LogP contribution in [0.5, 0.6) is 0 Å². The van der Waals surface area contributed by atoms with Crippen molar-refractivity contribution in [1.82, 2.24) is 5.32 Å². The van der Waals surface area contributed by atoms with E-state index in [9.17, 15) is 0 Å². The summed E-state index contributed by atoms with van der Waals surface area (Å²) in [4.78, 5) is 0. The van der Waals surface area contributed by atoms with Gasteiger partial charge in [-0.2, -0.15) is 0 Å². The van der Waals surface area contributed by atoms with Gasteiger partial charge < -0.3 is 5.32 Å². The van der Waals surface area contributed by atoms with Crippen molar-refractivity contribution in [3.8, 4) is 0 Å². The lowest BCUT2D eigenvalue weighted by atomic mass is 9.79. The molecule has 1 unspecified atom stereocenters. The Labute approximate surface area is 222 Å². The lowest BCUT2D eigenvalue weighted by Gasteiger charge is -2.35. The van der Waals surface area contributed by atoms with E-state index >= 15 is 0 Å². The molecule has 1 aromatic rings. The molecule has 1 aromatic carbocycles. The van der Waals surface area contributed by atoms with Crippen LogP contribution in [-0.4, -0.2) is 12.6 Å². The molecule has 0 saturated heterocycles. The van der Waals surface area contributed by atoms with E-state index < -0.39 is 0 Å². The maximum atomic E-state index is 4.46. The molecular weight excluding hydrogens is 434 g/mol. The molecule has 1 nitrogen and oxygen atoms in total. The van der Waals surface area contributed by atoms with E-state index in [0.717, 1.165) is 37.7 Å². The smallest absolute Gasteiger partial charge is 0.0828 e. The van der Waals surface area contributed by atoms with Crippen LogP contribution in [0.1, 0.15) is 97.3 Å². The Hall–Kier alpha value is -2.64. The Balaban J connectivity index is 2.46. The number of likely N-dealkylation sites (N-methyl/N-ethyl adjacent to an activating group) is 1. The van der Waals surface area contributed by atoms with Crippen molar-refractivity contribution in [3.63, 3.8) is 0 Å². The first-order valence-electron chi connectivity index (χ1n) is 13.8. The van der Waals surface area contributed by atoms with E-state index in [1.165, 1.54) is 39.0 Å². The Kier molecular flexibility index (Phi) is 10.7. The van der Waals surface area contributed by atoms with E-state index in [0.29, 0.717) is 0 Å². The molecule has 1 aliphatic carbocycles. The zero-order valence-corrected chi connectivity index (χ0v) is 24.2. The van der Waals surface area contributed by atoms with Crippen LogP contribution in [-0.2, 0) is 5.41 Å². The second-order valence-corrected chi connectivity index (χ2v) is 10.2. The predicted molar refractivity (Wildman–Crippen MR) is 163 cm³/mol. The van der Waals surface area contributed by atoms with Gasteiger partial charge in [-0.05, 0) is 84.7 Å². The van der Waals surface area contributed by atoms with Gasteiger partial charge in [0.15, 0.2) is 0 Å². The molecule has 1 atom stereocenters. The van der Waals surface area contributed by atoms with Crippen LogP contribution in [0, 0.1) is 0 Å². The molecule has 0 aliphatic heterocycles. The third-order valence-electron chi connectivity index (χ3n) is 7.80. The topological polar surface area (TPSA) is 12.0 Å². The van der Waals surface area contributed by atoms with Crippen LogP contribution in [0.2, 0.25) is 0 Å². The van der Waals surface area contributed by atoms with Crippen molar-refractivity contribution in [1.29, 1.82) is 0 Å². The molecule has 0 amide bonds. The van der Waals surface area contributed by atoms with Crippen LogP contribution in [0.4, 0.5) is 0 Å². The van der Waals surface area contributed by atoms with Gasteiger partial charge in [-0.3, -0.25) is 0 Å². The highest BCUT2D eigenvalue weighted by molar-refractivity contribution is 5.87. The Morgan fingerprint density at radius 1 is 1.11 bits per heavy atom. The average molecular weight is 484 g/mol. The largest absolute Gasteiger partial charge is 0.304 e. The molecule has 0 bridgehead atoms. The normalized spacial score (nSPS) is 17.7. The van der Waals surface area contributed by atoms with Crippen LogP contribution >= 0.6 is 0 Å². The number of unbranched alkanes of at least 4 members (excludes halogenated alkanes) is 1. The molecule has 2 rings (SSSR count). The fourth-order valence-electron chi connectivity index (χ4n) is 5.70. The third kappa shape index (κ3) is 5.68. The third-order valence-corrected chi connectivity index (χ3v) is 7.80. The molecular formula is C35H49N. The van der Waals surface area contributed by atoms with Crippen molar-refractivity contribution in [3.05, 3.63) is 107 Å². The summed E-state index contributed by atoms with van der Waals surface area (Å²) in [6.45, 7) is 24.4. The average Bonchev–Trinajstić information content (AvgIpc) is 3.11. The Morgan fingerprint density at radius 3 is 2.36 bits per heavy atom. The van der Waals surface area contributed by atoms with Crippen molar-refractivity contribution < 1.29 is 0 Å². The summed E-state index contributed by atoms with van der Waals surface area (Å²) in [5.41, 5.74) is 10.1. The maximum Gasteiger partial charge on any atom is 0.0828 e. The Morgan fingerprint density at radius 2 is 1.83 bits per heavy atom. The minimum absolute atomic E-state index is 0.0240. The first kappa shape index (κ1) is 29.6. The van der Waals surface area contributed by atoms with Gasteiger partial charge in [-0.1, -0.05) is 115 Å². The van der Waals surface area contributed by atoms with E-state index in [-0.39, 0.29) is 11.0 Å². The summed E-state index contributed by atoms with van der Waals surface area (Å²) >= 11 is 0. The fraction of sp³-hybridized carbons (Fsp3) is 0.429. The summed E-state index contributed by atoms with van der Waals surface area (Å²) < 4.78 is 0. The van der Waals surface area contributed by atoms with Gasteiger partial charge in [0.2, 0.25) is 0 Å². The highest BCUT2D eigenvalue weighted by Gasteiger charge is 2.36. The summed E-state index contributed by atoms with van der Waals surface area (Å²) in [6.07, 6.45) is 20.9. The van der Waals surface area contributed by atoms with Gasteiger partial charge in [0.05, 0.1) is 5.54 Å². The summed E-state index contributed by atoms with van der Waals surface area (Å²) in [5.74, 6) is 0. The highest BCUT2D eigenvalue weighted by Crippen LogP contribution is 2.48. The molecule has 0 aromatic heterocycles. The van der Waals surface area contributed by atoms with E-state index in [1.807, 2.05) is 13.1 Å². The summed E-state index contributed by atoms with van der Waals surface area (Å²) in [5, 5.41) is 3.57. The maximum absolute atomic E-state index is 4.46. The molecule has 1 N–H and O–H groups in total. The first-order chi connectivity index (χ1) is 17.2. The molecule has 0 spiro atoms. The van der Waals surface area contributed by atoms with Crippen LogP contribution in [0.15, 0.2) is 90.6 Å². The lowest BCUT2D eigenvalue weighted by molar-refractivity contribution is 0.573. The van der Waals surface area contributed by atoms with Gasteiger partial charge in [-0.25, -0.2) is 0 Å². The number of nitrogens with one attached hydrogen (secondary N) is 1. The van der Waals surface area contributed by atoms with Crippen molar-refractivity contribution in [2.45, 2.75) is 91.5 Å². The van der Waals surface area contributed by atoms with Crippen molar-refractivity contribution in [2.24, 2.45) is 0 Å². The Bertz CT molecular complexity index is 1100. The van der Waals surface area contributed by atoms with Crippen molar-refractivity contribution >= 4 is 11.1 Å². The number of benzene rings is 1. The molecule has 0 saturated carbocycles. The van der Waals surface area contributed by atoms with Crippen LogP contribution < -0.4 is 5.32 Å². The molecule has 194 valence electrons. The fourth-order valence-corrected chi connectivity index (χ4v) is 5.70. The number of allylic oxidation sites excluding steroid dienone is 8. The van der Waals surface area contributed by atoms with E-state index in [1.54, 1.807) is 0 Å². The number of fused-ring (bicyclic) bond motifs is 1. The quantitative estimate of drug-likeness (QED) is 0.217. The molecule has 1 heteroatoms. The molecule has 0 fully saturated rings. The van der Waals surface area contributed by atoms with Gasteiger partial charge in [0.25, 0.3) is 0 Å². The standard InChI is InChI=1S/C35H49N/c1-11-17-19-28(13-3)35(16-6,36-10)29(14-4)23-21-26(7)27-22-24-31-30(20-18-12-2)32(15-5)34(8,9)33(31)25-27/h14,16,18-25,36H,6-7,11-13,15,17H2,1-5,8-10H3/b20-18-,23-21-,28-19+,29-14+.